The number of hydrogen-bond donors (Lipinski definition) is 1. The summed E-state index contributed by atoms with van der Waals surface area (Å²) in [7, 11) is 0. The molecular weight excluding hydrogens is 188 g/mol. The number of hydrogen-bond acceptors (Lipinski definition) is 2. The Morgan fingerprint density at radius 1 is 1.33 bits per heavy atom. The monoisotopic (exact) mass is 206 g/mol. The predicted molar refractivity (Wildman–Crippen MR) is 59.6 cm³/mol. The minimum absolute atomic E-state index is 0.291. The molecular formula is C13H18O2. The first-order chi connectivity index (χ1) is 7.34. The Hall–Kier alpha value is -1.02. The van der Waals surface area contributed by atoms with Gasteiger partial charge in [0.1, 0.15) is 5.76 Å². The minimum atomic E-state index is -0.291. The molecule has 0 aromatic carbocycles. The Kier molecular flexibility index (Phi) is 3.62. The van der Waals surface area contributed by atoms with E-state index in [0.717, 1.165) is 18.6 Å². The van der Waals surface area contributed by atoms with E-state index in [4.69, 9.17) is 4.42 Å². The molecule has 0 radical (unpaired) electrons. The average molecular weight is 206 g/mol. The van der Waals surface area contributed by atoms with E-state index in [2.05, 4.69) is 6.08 Å². The molecule has 1 aromatic heterocycles. The van der Waals surface area contributed by atoms with Gasteiger partial charge in [-0.15, -0.1) is 0 Å². The lowest BCUT2D eigenvalue weighted by Gasteiger charge is -2.15. The fraction of sp³-hybridized carbons (Fsp3) is 0.538. The number of aliphatic hydroxyl groups is 1. The van der Waals surface area contributed by atoms with Crippen molar-refractivity contribution in [3.63, 3.8) is 0 Å². The third kappa shape index (κ3) is 3.24. The van der Waals surface area contributed by atoms with Crippen LogP contribution in [0.15, 0.2) is 34.5 Å². The van der Waals surface area contributed by atoms with Crippen molar-refractivity contribution in [1.82, 2.24) is 0 Å². The normalized spacial score (nSPS) is 18.6. The van der Waals surface area contributed by atoms with Crippen molar-refractivity contribution < 1.29 is 9.52 Å². The molecule has 82 valence electrons. The Balaban J connectivity index is 1.81. The third-order valence-electron chi connectivity index (χ3n) is 2.90. The summed E-state index contributed by atoms with van der Waals surface area (Å²) in [6.45, 7) is 0. The summed E-state index contributed by atoms with van der Waals surface area (Å²) in [5.74, 6) is 0.874. The van der Waals surface area contributed by atoms with Gasteiger partial charge in [-0.05, 0) is 44.2 Å². The maximum Gasteiger partial charge on any atom is 0.106 e. The second kappa shape index (κ2) is 5.17. The summed E-state index contributed by atoms with van der Waals surface area (Å²) in [5.41, 5.74) is 1.42. The van der Waals surface area contributed by atoms with E-state index >= 15 is 0 Å². The largest absolute Gasteiger partial charge is 0.469 e. The van der Waals surface area contributed by atoms with E-state index in [9.17, 15) is 5.11 Å². The van der Waals surface area contributed by atoms with E-state index < -0.39 is 0 Å². The topological polar surface area (TPSA) is 33.4 Å². The molecule has 1 heterocycles. The molecule has 0 bridgehead atoms. The van der Waals surface area contributed by atoms with Gasteiger partial charge in [0.25, 0.3) is 0 Å². The van der Waals surface area contributed by atoms with E-state index in [1.165, 1.54) is 24.8 Å². The van der Waals surface area contributed by atoms with Gasteiger partial charge in [0.05, 0.1) is 12.4 Å². The van der Waals surface area contributed by atoms with Crippen LogP contribution in [0.5, 0.6) is 0 Å². The molecule has 1 aromatic rings. The molecule has 2 rings (SSSR count). The van der Waals surface area contributed by atoms with Crippen LogP contribution < -0.4 is 0 Å². The third-order valence-corrected chi connectivity index (χ3v) is 2.90. The van der Waals surface area contributed by atoms with Gasteiger partial charge in [0.2, 0.25) is 0 Å². The van der Waals surface area contributed by atoms with Gasteiger partial charge in [0.15, 0.2) is 0 Å². The summed E-state index contributed by atoms with van der Waals surface area (Å²) >= 11 is 0. The van der Waals surface area contributed by atoms with Crippen molar-refractivity contribution in [3.05, 3.63) is 35.8 Å². The highest BCUT2D eigenvalue weighted by Crippen LogP contribution is 2.22. The first-order valence-corrected chi connectivity index (χ1v) is 5.73. The van der Waals surface area contributed by atoms with Crippen molar-refractivity contribution in [2.24, 2.45) is 0 Å². The number of aliphatic hydroxyl groups excluding tert-OH is 1. The molecule has 1 N–H and O–H groups in total. The van der Waals surface area contributed by atoms with Crippen molar-refractivity contribution in [2.45, 2.75) is 44.6 Å². The standard InChI is InChI=1S/C13H18O2/c14-12(10-13-7-4-8-15-13)9-11-5-2-1-3-6-11/h4-5,7-8,12,14H,1-3,6,9-10H2. The van der Waals surface area contributed by atoms with E-state index in [-0.39, 0.29) is 6.10 Å². The van der Waals surface area contributed by atoms with Gasteiger partial charge in [-0.3, -0.25) is 0 Å². The highest BCUT2D eigenvalue weighted by Gasteiger charge is 2.11. The zero-order valence-corrected chi connectivity index (χ0v) is 8.98. The second-order valence-corrected chi connectivity index (χ2v) is 4.25. The number of rotatable bonds is 4. The summed E-state index contributed by atoms with van der Waals surface area (Å²) < 4.78 is 5.21. The molecule has 0 amide bonds. The van der Waals surface area contributed by atoms with Crippen LogP contribution in [0.3, 0.4) is 0 Å². The second-order valence-electron chi connectivity index (χ2n) is 4.25. The Morgan fingerprint density at radius 2 is 2.27 bits per heavy atom. The van der Waals surface area contributed by atoms with E-state index in [0.29, 0.717) is 6.42 Å². The number of allylic oxidation sites excluding steroid dienone is 1. The van der Waals surface area contributed by atoms with Crippen LogP contribution in [0, 0.1) is 0 Å². The maximum atomic E-state index is 9.87. The summed E-state index contributed by atoms with van der Waals surface area (Å²) in [5, 5.41) is 9.87. The van der Waals surface area contributed by atoms with Crippen molar-refractivity contribution in [1.29, 1.82) is 0 Å². The molecule has 0 fully saturated rings. The Morgan fingerprint density at radius 3 is 2.93 bits per heavy atom. The molecule has 2 heteroatoms. The molecule has 1 atom stereocenters. The molecule has 15 heavy (non-hydrogen) atoms. The van der Waals surface area contributed by atoms with Gasteiger partial charge in [0, 0.05) is 6.42 Å². The minimum Gasteiger partial charge on any atom is -0.469 e. The van der Waals surface area contributed by atoms with Crippen LogP contribution >= 0.6 is 0 Å². The molecule has 0 saturated heterocycles. The van der Waals surface area contributed by atoms with Crippen LogP contribution in [0.1, 0.15) is 37.9 Å². The SMILES string of the molecule is OC(CC1=CCCCC1)Cc1ccco1. The van der Waals surface area contributed by atoms with Crippen LogP contribution in [-0.4, -0.2) is 11.2 Å². The van der Waals surface area contributed by atoms with Gasteiger partial charge in [-0.1, -0.05) is 11.6 Å². The van der Waals surface area contributed by atoms with Crippen LogP contribution in [-0.2, 0) is 6.42 Å². The predicted octanol–water partition coefficient (Wildman–Crippen LogP) is 3.07. The molecule has 2 nitrogen and oxygen atoms in total. The molecule has 0 saturated carbocycles. The Bertz CT molecular complexity index is 311. The van der Waals surface area contributed by atoms with Crippen molar-refractivity contribution in [3.8, 4) is 0 Å². The van der Waals surface area contributed by atoms with Crippen molar-refractivity contribution >= 4 is 0 Å². The zero-order chi connectivity index (χ0) is 10.5. The lowest BCUT2D eigenvalue weighted by Crippen LogP contribution is -2.12. The average Bonchev–Trinajstić information content (AvgIpc) is 2.71. The lowest BCUT2D eigenvalue weighted by molar-refractivity contribution is 0.166. The Labute approximate surface area is 90.6 Å². The zero-order valence-electron chi connectivity index (χ0n) is 8.98. The van der Waals surface area contributed by atoms with Gasteiger partial charge in [-0.2, -0.15) is 0 Å². The molecule has 0 aliphatic heterocycles. The highest BCUT2D eigenvalue weighted by atomic mass is 16.3. The smallest absolute Gasteiger partial charge is 0.106 e. The van der Waals surface area contributed by atoms with Crippen LogP contribution in [0.2, 0.25) is 0 Å². The number of furan rings is 1. The van der Waals surface area contributed by atoms with Crippen LogP contribution in [0.4, 0.5) is 0 Å². The molecule has 1 aliphatic rings. The fourth-order valence-electron chi connectivity index (χ4n) is 2.13. The maximum absolute atomic E-state index is 9.87. The first kappa shape index (κ1) is 10.5. The molecule has 0 spiro atoms. The van der Waals surface area contributed by atoms with E-state index in [1.807, 2.05) is 12.1 Å². The first-order valence-electron chi connectivity index (χ1n) is 5.73. The van der Waals surface area contributed by atoms with E-state index in [1.54, 1.807) is 6.26 Å². The highest BCUT2D eigenvalue weighted by molar-refractivity contribution is 5.08. The summed E-state index contributed by atoms with van der Waals surface area (Å²) in [6, 6.07) is 3.78. The van der Waals surface area contributed by atoms with Gasteiger partial charge < -0.3 is 9.52 Å². The van der Waals surface area contributed by atoms with Gasteiger partial charge in [-0.25, -0.2) is 0 Å². The summed E-state index contributed by atoms with van der Waals surface area (Å²) in [6.07, 6.45) is 10.0. The molecule has 1 unspecified atom stereocenters. The van der Waals surface area contributed by atoms with Crippen molar-refractivity contribution in [2.75, 3.05) is 0 Å². The van der Waals surface area contributed by atoms with Crippen LogP contribution in [0.25, 0.3) is 0 Å². The summed E-state index contributed by atoms with van der Waals surface area (Å²) in [4.78, 5) is 0. The lowest BCUT2D eigenvalue weighted by atomic mass is 9.94. The quantitative estimate of drug-likeness (QED) is 0.768. The van der Waals surface area contributed by atoms with Gasteiger partial charge >= 0.3 is 0 Å². The fourth-order valence-corrected chi connectivity index (χ4v) is 2.13. The molecule has 1 aliphatic carbocycles.